The Labute approximate surface area is 151 Å². The maximum Gasteiger partial charge on any atom is 0.230 e. The molecule has 2 atom stereocenters. The number of rotatable bonds is 3. The molecule has 1 N–H and O–H groups in total. The minimum Gasteiger partial charge on any atom is -0.326 e. The number of para-hydroxylation sites is 1. The number of halogens is 1. The Hall–Kier alpha value is -2.33. The fourth-order valence-electron chi connectivity index (χ4n) is 3.43. The van der Waals surface area contributed by atoms with Crippen LogP contribution in [0.2, 0.25) is 5.02 Å². The summed E-state index contributed by atoms with van der Waals surface area (Å²) in [5.41, 5.74) is 3.83. The Kier molecular flexibility index (Phi) is 4.00. The third-order valence-corrected chi connectivity index (χ3v) is 5.44. The lowest BCUT2D eigenvalue weighted by molar-refractivity contribution is -0.123. The molecule has 0 saturated heterocycles. The molecule has 1 fully saturated rings. The van der Waals surface area contributed by atoms with E-state index in [1.807, 2.05) is 42.2 Å². The zero-order valence-corrected chi connectivity index (χ0v) is 14.7. The molecule has 2 aliphatic rings. The minimum atomic E-state index is -0.250. The van der Waals surface area contributed by atoms with Gasteiger partial charge in [-0.25, -0.2) is 0 Å². The Morgan fingerprint density at radius 1 is 1.16 bits per heavy atom. The SMILES string of the molecule is Cc1ccc(NC(=O)C2CC2C(=O)N2CCc3ccccc32)cc1Cl. The minimum absolute atomic E-state index is 0.0621. The molecule has 1 aliphatic carbocycles. The number of carbonyl (C=O) groups excluding carboxylic acids is 2. The Morgan fingerprint density at radius 2 is 1.96 bits per heavy atom. The average molecular weight is 355 g/mol. The second kappa shape index (κ2) is 6.19. The van der Waals surface area contributed by atoms with Crippen LogP contribution in [0.4, 0.5) is 11.4 Å². The fraction of sp³-hybridized carbons (Fsp3) is 0.300. The van der Waals surface area contributed by atoms with Gasteiger partial charge in [-0.3, -0.25) is 9.59 Å². The number of aryl methyl sites for hydroxylation is 1. The van der Waals surface area contributed by atoms with Crippen LogP contribution < -0.4 is 10.2 Å². The van der Waals surface area contributed by atoms with Crippen LogP contribution in [0, 0.1) is 18.8 Å². The van der Waals surface area contributed by atoms with Crippen LogP contribution in [0.15, 0.2) is 42.5 Å². The lowest BCUT2D eigenvalue weighted by atomic mass is 10.2. The molecule has 1 heterocycles. The van der Waals surface area contributed by atoms with Crippen molar-refractivity contribution in [3.8, 4) is 0 Å². The fourth-order valence-corrected chi connectivity index (χ4v) is 3.61. The van der Waals surface area contributed by atoms with E-state index in [9.17, 15) is 9.59 Å². The second-order valence-corrected chi connectivity index (χ2v) is 7.18. The average Bonchev–Trinajstić information content (AvgIpc) is 3.30. The molecule has 0 radical (unpaired) electrons. The van der Waals surface area contributed by atoms with Gasteiger partial charge in [-0.1, -0.05) is 35.9 Å². The van der Waals surface area contributed by atoms with E-state index >= 15 is 0 Å². The van der Waals surface area contributed by atoms with Crippen molar-refractivity contribution >= 4 is 34.8 Å². The molecule has 0 aromatic heterocycles. The lowest BCUT2D eigenvalue weighted by Gasteiger charge is -2.17. The molecule has 0 bridgehead atoms. The first kappa shape index (κ1) is 16.2. The first-order chi connectivity index (χ1) is 12.0. The van der Waals surface area contributed by atoms with Crippen LogP contribution in [0.3, 0.4) is 0 Å². The number of benzene rings is 2. The van der Waals surface area contributed by atoms with Crippen LogP contribution in [0.1, 0.15) is 17.5 Å². The maximum atomic E-state index is 12.8. The summed E-state index contributed by atoms with van der Waals surface area (Å²) in [7, 11) is 0. The summed E-state index contributed by atoms with van der Waals surface area (Å²) in [6.07, 6.45) is 1.50. The van der Waals surface area contributed by atoms with Crippen LogP contribution in [0.25, 0.3) is 0 Å². The van der Waals surface area contributed by atoms with Crippen LogP contribution in [-0.2, 0) is 16.0 Å². The van der Waals surface area contributed by atoms with Gasteiger partial charge in [-0.05, 0) is 49.1 Å². The van der Waals surface area contributed by atoms with Gasteiger partial charge in [0.25, 0.3) is 0 Å². The van der Waals surface area contributed by atoms with Crippen LogP contribution in [-0.4, -0.2) is 18.4 Å². The first-order valence-corrected chi connectivity index (χ1v) is 8.88. The standard InChI is InChI=1S/C20H19ClN2O2/c1-12-6-7-14(10-17(12)21)22-19(24)15-11-16(15)20(25)23-9-8-13-4-2-3-5-18(13)23/h2-7,10,15-16H,8-9,11H2,1H3,(H,22,24). The number of fused-ring (bicyclic) bond motifs is 1. The Morgan fingerprint density at radius 3 is 2.76 bits per heavy atom. The van der Waals surface area contributed by atoms with Gasteiger partial charge in [0.1, 0.15) is 0 Å². The number of amides is 2. The van der Waals surface area contributed by atoms with E-state index in [1.54, 1.807) is 6.07 Å². The molecule has 4 rings (SSSR count). The number of hydrogen-bond acceptors (Lipinski definition) is 2. The highest BCUT2D eigenvalue weighted by Gasteiger charge is 2.50. The molecular weight excluding hydrogens is 336 g/mol. The smallest absolute Gasteiger partial charge is 0.230 e. The van der Waals surface area contributed by atoms with Crippen molar-refractivity contribution < 1.29 is 9.59 Å². The van der Waals surface area contributed by atoms with Gasteiger partial charge in [0.15, 0.2) is 0 Å². The van der Waals surface area contributed by atoms with E-state index in [-0.39, 0.29) is 23.7 Å². The van der Waals surface area contributed by atoms with E-state index in [0.29, 0.717) is 23.7 Å². The zero-order valence-electron chi connectivity index (χ0n) is 14.0. The molecule has 4 nitrogen and oxygen atoms in total. The molecule has 2 unspecified atom stereocenters. The molecule has 1 aliphatic heterocycles. The van der Waals surface area contributed by atoms with Gasteiger partial charge in [0.2, 0.25) is 11.8 Å². The highest BCUT2D eigenvalue weighted by Crippen LogP contribution is 2.43. The van der Waals surface area contributed by atoms with E-state index in [1.165, 1.54) is 5.56 Å². The van der Waals surface area contributed by atoms with Crippen LogP contribution in [0.5, 0.6) is 0 Å². The van der Waals surface area contributed by atoms with Gasteiger partial charge in [-0.15, -0.1) is 0 Å². The first-order valence-electron chi connectivity index (χ1n) is 8.51. The molecule has 2 aromatic rings. The monoisotopic (exact) mass is 354 g/mol. The van der Waals surface area contributed by atoms with Crippen molar-refractivity contribution in [1.82, 2.24) is 0 Å². The quantitative estimate of drug-likeness (QED) is 0.911. The van der Waals surface area contributed by atoms with Crippen molar-refractivity contribution in [1.29, 1.82) is 0 Å². The molecule has 2 amide bonds. The van der Waals surface area contributed by atoms with Gasteiger partial charge in [-0.2, -0.15) is 0 Å². The van der Waals surface area contributed by atoms with Crippen molar-refractivity contribution in [2.24, 2.45) is 11.8 Å². The van der Waals surface area contributed by atoms with E-state index in [4.69, 9.17) is 11.6 Å². The van der Waals surface area contributed by atoms with Gasteiger partial charge >= 0.3 is 0 Å². The summed E-state index contributed by atoms with van der Waals surface area (Å²) in [5.74, 6) is -0.509. The summed E-state index contributed by atoms with van der Waals surface area (Å²) in [4.78, 5) is 27.0. The van der Waals surface area contributed by atoms with Gasteiger partial charge < -0.3 is 10.2 Å². The second-order valence-electron chi connectivity index (χ2n) is 6.77. The highest BCUT2D eigenvalue weighted by molar-refractivity contribution is 6.31. The highest BCUT2D eigenvalue weighted by atomic mass is 35.5. The number of nitrogens with zero attached hydrogens (tertiary/aromatic N) is 1. The molecule has 5 heteroatoms. The summed E-state index contributed by atoms with van der Waals surface area (Å²) >= 11 is 6.09. The molecule has 2 aromatic carbocycles. The largest absolute Gasteiger partial charge is 0.326 e. The molecular formula is C20H19ClN2O2. The summed E-state index contributed by atoms with van der Waals surface area (Å²) in [6, 6.07) is 13.4. The molecule has 0 spiro atoms. The van der Waals surface area contributed by atoms with Crippen LogP contribution >= 0.6 is 11.6 Å². The molecule has 25 heavy (non-hydrogen) atoms. The topological polar surface area (TPSA) is 49.4 Å². The lowest BCUT2D eigenvalue weighted by Crippen LogP contribution is -2.31. The van der Waals surface area contributed by atoms with Crippen molar-refractivity contribution in [3.63, 3.8) is 0 Å². The summed E-state index contributed by atoms with van der Waals surface area (Å²) in [6.45, 7) is 2.62. The van der Waals surface area contributed by atoms with Crippen molar-refractivity contribution in [2.75, 3.05) is 16.8 Å². The number of nitrogens with one attached hydrogen (secondary N) is 1. The van der Waals surface area contributed by atoms with E-state index in [2.05, 4.69) is 11.4 Å². The van der Waals surface area contributed by atoms with Gasteiger partial charge in [0, 0.05) is 22.9 Å². The van der Waals surface area contributed by atoms with E-state index in [0.717, 1.165) is 17.7 Å². The normalized spacial score (nSPS) is 21.0. The number of carbonyl (C=O) groups is 2. The Balaban J connectivity index is 1.41. The van der Waals surface area contributed by atoms with E-state index < -0.39 is 0 Å². The third kappa shape index (κ3) is 3.02. The summed E-state index contributed by atoms with van der Waals surface area (Å²) in [5, 5.41) is 3.49. The van der Waals surface area contributed by atoms with Crippen molar-refractivity contribution in [3.05, 3.63) is 58.6 Å². The molecule has 128 valence electrons. The molecule has 1 saturated carbocycles. The number of anilines is 2. The van der Waals surface area contributed by atoms with Gasteiger partial charge in [0.05, 0.1) is 11.8 Å². The number of hydrogen-bond donors (Lipinski definition) is 1. The summed E-state index contributed by atoms with van der Waals surface area (Å²) < 4.78 is 0. The zero-order chi connectivity index (χ0) is 17.6. The van der Waals surface area contributed by atoms with Crippen molar-refractivity contribution in [2.45, 2.75) is 19.8 Å². The predicted molar refractivity (Wildman–Crippen MR) is 98.9 cm³/mol. The Bertz CT molecular complexity index is 865. The third-order valence-electron chi connectivity index (χ3n) is 5.04. The maximum absolute atomic E-state index is 12.8. The predicted octanol–water partition coefficient (Wildman–Crippen LogP) is 3.81.